The molecule has 1 aliphatic carbocycles. The summed E-state index contributed by atoms with van der Waals surface area (Å²) in [7, 11) is -0.717. The fraction of sp³-hybridized carbons (Fsp3) is 0.333. The molecule has 6 aromatic rings. The number of rotatable bonds is 12. The molecule has 1 saturated carbocycles. The molecule has 3 heterocycles. The highest BCUT2D eigenvalue weighted by Crippen LogP contribution is 2.48. The molecule has 3 aromatic heterocycles. The molecule has 280 valence electrons. The van der Waals surface area contributed by atoms with Crippen LogP contribution in [0.5, 0.6) is 23.1 Å². The molecule has 10 nitrogen and oxygen atoms in total. The number of nitrogens with zero attached hydrogens (tertiary/aromatic N) is 4. The first-order chi connectivity index (χ1) is 25.7. The van der Waals surface area contributed by atoms with Crippen LogP contribution < -0.4 is 19.5 Å². The number of fused-ring (bicyclic) bond motifs is 2. The molecule has 7 rings (SSSR count). The van der Waals surface area contributed by atoms with E-state index >= 15 is 0 Å². The molecular formula is C42H46BrN5O5Si. The Bertz CT molecular complexity index is 2290. The third kappa shape index (κ3) is 7.60. The number of pyridine rings is 1. The third-order valence-corrected chi connectivity index (χ3v) is 15.9. The van der Waals surface area contributed by atoms with Crippen molar-refractivity contribution in [3.63, 3.8) is 0 Å². The zero-order chi connectivity index (χ0) is 38.3. The fourth-order valence-corrected chi connectivity index (χ4v) is 8.32. The van der Waals surface area contributed by atoms with Gasteiger partial charge in [0.2, 0.25) is 5.88 Å². The molecule has 0 saturated heterocycles. The van der Waals surface area contributed by atoms with Gasteiger partial charge in [0.15, 0.2) is 14.1 Å². The number of benzene rings is 3. The van der Waals surface area contributed by atoms with Crippen LogP contribution in [0.1, 0.15) is 45.7 Å². The summed E-state index contributed by atoms with van der Waals surface area (Å²) in [5.74, 6) is 3.35. The van der Waals surface area contributed by atoms with Crippen LogP contribution in [0.15, 0.2) is 102 Å². The van der Waals surface area contributed by atoms with Gasteiger partial charge in [0.1, 0.15) is 47.8 Å². The number of para-hydroxylation sites is 1. The van der Waals surface area contributed by atoms with E-state index in [4.69, 9.17) is 23.6 Å². The number of carbonyl (C=O) groups excluding carboxylic acids is 1. The van der Waals surface area contributed by atoms with E-state index in [1.54, 1.807) is 7.11 Å². The molecule has 0 aliphatic heterocycles. The molecule has 3 aromatic carbocycles. The first-order valence-electron chi connectivity index (χ1n) is 18.1. The lowest BCUT2D eigenvalue weighted by Crippen LogP contribution is -2.48. The van der Waals surface area contributed by atoms with E-state index < -0.39 is 19.8 Å². The Balaban J connectivity index is 1.14. The van der Waals surface area contributed by atoms with Gasteiger partial charge < -0.3 is 28.5 Å². The molecule has 1 aliphatic rings. The molecule has 3 atom stereocenters. The maximum atomic E-state index is 14.6. The number of ether oxygens (including phenoxy) is 3. The second-order valence-corrected chi connectivity index (χ2v) is 21.3. The second-order valence-electron chi connectivity index (χ2n) is 15.7. The van der Waals surface area contributed by atoms with E-state index in [-0.39, 0.29) is 23.5 Å². The van der Waals surface area contributed by atoms with Crippen LogP contribution >= 0.6 is 15.9 Å². The van der Waals surface area contributed by atoms with Crippen molar-refractivity contribution >= 4 is 57.8 Å². The highest BCUT2D eigenvalue weighted by atomic mass is 79.9. The van der Waals surface area contributed by atoms with Gasteiger partial charge in [-0.3, -0.25) is 4.79 Å². The van der Waals surface area contributed by atoms with E-state index in [1.165, 1.54) is 6.33 Å². The SMILES string of the molecule is COc1ccc(CNc2nc3cc(OC[C@@]4(C)C[C@@H](n5ccc6c(Oc7ccccc7)ncnc65)[C@H](O[Si](C)(C)C(C)(C)C)C4=O)ccc3cc2Br)cc1. The number of Topliss-reactive ketones (excluding diaryl/α,β-unsaturated/α-hetero) is 1. The van der Waals surface area contributed by atoms with Crippen LogP contribution in [0.25, 0.3) is 21.9 Å². The van der Waals surface area contributed by atoms with Gasteiger partial charge in [-0.1, -0.05) is 51.1 Å². The first-order valence-corrected chi connectivity index (χ1v) is 21.8. The van der Waals surface area contributed by atoms with Gasteiger partial charge in [0, 0.05) is 24.2 Å². The number of hydrogen-bond acceptors (Lipinski definition) is 9. The van der Waals surface area contributed by atoms with Crippen LogP contribution in [0, 0.1) is 5.41 Å². The summed E-state index contributed by atoms with van der Waals surface area (Å²) >= 11 is 3.68. The molecular weight excluding hydrogens is 762 g/mol. The lowest BCUT2D eigenvalue weighted by atomic mass is 9.88. The largest absolute Gasteiger partial charge is 0.497 e. The lowest BCUT2D eigenvalue weighted by molar-refractivity contribution is -0.132. The molecule has 12 heteroatoms. The summed E-state index contributed by atoms with van der Waals surface area (Å²) in [5, 5.41) is 5.06. The van der Waals surface area contributed by atoms with Gasteiger partial charge in [0.25, 0.3) is 0 Å². The van der Waals surface area contributed by atoms with Crippen LogP contribution in [0.3, 0.4) is 0 Å². The molecule has 1 fully saturated rings. The zero-order valence-corrected chi connectivity index (χ0v) is 34.3. The summed E-state index contributed by atoms with van der Waals surface area (Å²) in [6, 6.07) is 27.0. The predicted molar refractivity (Wildman–Crippen MR) is 218 cm³/mol. The Kier molecular flexibility index (Phi) is 10.3. The van der Waals surface area contributed by atoms with E-state index in [0.29, 0.717) is 36.0 Å². The van der Waals surface area contributed by atoms with Gasteiger partial charge in [-0.2, -0.15) is 0 Å². The van der Waals surface area contributed by atoms with Crippen molar-refractivity contribution in [3.05, 3.63) is 107 Å². The summed E-state index contributed by atoms with van der Waals surface area (Å²) in [6.07, 6.45) is 3.30. The summed E-state index contributed by atoms with van der Waals surface area (Å²) in [4.78, 5) is 28.7. The minimum absolute atomic E-state index is 0.0295. The smallest absolute Gasteiger partial charge is 0.231 e. The number of hydrogen-bond donors (Lipinski definition) is 1. The number of aromatic nitrogens is 4. The van der Waals surface area contributed by atoms with Crippen molar-refractivity contribution in [1.82, 2.24) is 19.5 Å². The fourth-order valence-electron chi connectivity index (χ4n) is 6.59. The number of anilines is 1. The monoisotopic (exact) mass is 807 g/mol. The molecule has 0 amide bonds. The van der Waals surface area contributed by atoms with Crippen LogP contribution in [0.2, 0.25) is 18.1 Å². The Morgan fingerprint density at radius 3 is 2.43 bits per heavy atom. The van der Waals surface area contributed by atoms with Gasteiger partial charge in [-0.05, 0) is 102 Å². The topological polar surface area (TPSA) is 110 Å². The summed E-state index contributed by atoms with van der Waals surface area (Å²) in [6.45, 7) is 13.7. The van der Waals surface area contributed by atoms with E-state index in [0.717, 1.165) is 37.9 Å². The number of methoxy groups -OCH3 is 1. The minimum Gasteiger partial charge on any atom is -0.497 e. The van der Waals surface area contributed by atoms with Gasteiger partial charge in [0.05, 0.1) is 33.9 Å². The van der Waals surface area contributed by atoms with Crippen LogP contribution in [-0.4, -0.2) is 53.4 Å². The van der Waals surface area contributed by atoms with Crippen molar-refractivity contribution in [1.29, 1.82) is 0 Å². The van der Waals surface area contributed by atoms with Crippen molar-refractivity contribution in [2.24, 2.45) is 5.41 Å². The molecule has 1 N–H and O–H groups in total. The number of nitrogens with one attached hydrogen (secondary N) is 1. The molecule has 0 bridgehead atoms. The Hall–Kier alpha value is -4.78. The Morgan fingerprint density at radius 2 is 1.70 bits per heavy atom. The van der Waals surface area contributed by atoms with Gasteiger partial charge in [-0.25, -0.2) is 15.0 Å². The van der Waals surface area contributed by atoms with Crippen molar-refractivity contribution in [3.8, 4) is 23.1 Å². The van der Waals surface area contributed by atoms with Crippen molar-refractivity contribution in [2.45, 2.75) is 70.9 Å². The standard InChI is InChI=1S/C42H46BrN5O5Si/c1-41(2,3)54(6,7)53-36-35(48-20-19-32-39(48)45-26-46-40(32)52-30-11-9-8-10-12-30)23-42(4,37(36)49)25-51-31-18-15-28-21-33(43)38(47-34(28)22-31)44-24-27-13-16-29(50-5)17-14-27/h8-22,26,35-36H,23-25H2,1-7H3,(H,44,47)/t35-,36+,42-/m1/s1. The maximum absolute atomic E-state index is 14.6. The summed E-state index contributed by atoms with van der Waals surface area (Å²) < 4.78 is 27.8. The number of ketones is 1. The Labute approximate surface area is 325 Å². The molecule has 0 spiro atoms. The van der Waals surface area contributed by atoms with E-state index in [2.05, 4.69) is 69.6 Å². The highest BCUT2D eigenvalue weighted by Gasteiger charge is 2.55. The average Bonchev–Trinajstić information content (AvgIpc) is 3.69. The van der Waals surface area contributed by atoms with Crippen molar-refractivity contribution < 1.29 is 23.4 Å². The second kappa shape index (κ2) is 14.8. The van der Waals surface area contributed by atoms with E-state index in [9.17, 15) is 4.79 Å². The van der Waals surface area contributed by atoms with Gasteiger partial charge in [-0.15, -0.1) is 0 Å². The third-order valence-electron chi connectivity index (χ3n) is 10.8. The maximum Gasteiger partial charge on any atom is 0.231 e. The molecule has 0 radical (unpaired) electrons. The number of carbonyl (C=O) groups is 1. The predicted octanol–water partition coefficient (Wildman–Crippen LogP) is 10.1. The van der Waals surface area contributed by atoms with Crippen LogP contribution in [-0.2, 0) is 15.8 Å². The van der Waals surface area contributed by atoms with E-state index in [1.807, 2.05) is 98.0 Å². The Morgan fingerprint density at radius 1 is 0.963 bits per heavy atom. The normalized spacial score (nSPS) is 19.0. The minimum atomic E-state index is -2.37. The highest BCUT2D eigenvalue weighted by molar-refractivity contribution is 9.10. The van der Waals surface area contributed by atoms with Gasteiger partial charge >= 0.3 is 0 Å². The number of halogens is 1. The van der Waals surface area contributed by atoms with Crippen molar-refractivity contribution in [2.75, 3.05) is 19.0 Å². The first kappa shape index (κ1) is 37.5. The average molecular weight is 809 g/mol. The zero-order valence-electron chi connectivity index (χ0n) is 31.7. The molecule has 54 heavy (non-hydrogen) atoms. The molecule has 0 unspecified atom stereocenters. The quantitative estimate of drug-likeness (QED) is 0.121. The lowest BCUT2D eigenvalue weighted by Gasteiger charge is -2.39. The van der Waals surface area contributed by atoms with Crippen LogP contribution in [0.4, 0.5) is 5.82 Å². The summed E-state index contributed by atoms with van der Waals surface area (Å²) in [5.41, 5.74) is 1.73.